The topological polar surface area (TPSA) is 54.5 Å². The highest BCUT2D eigenvalue weighted by Crippen LogP contribution is 2.34. The maximum Gasteiger partial charge on any atom is 0.267 e. The van der Waals surface area contributed by atoms with Gasteiger partial charge in [-0.2, -0.15) is 0 Å². The summed E-state index contributed by atoms with van der Waals surface area (Å²) in [6, 6.07) is 16.2. The van der Waals surface area contributed by atoms with Gasteiger partial charge >= 0.3 is 0 Å². The first kappa shape index (κ1) is 18.4. The summed E-state index contributed by atoms with van der Waals surface area (Å²) >= 11 is 0. The second-order valence-electron chi connectivity index (χ2n) is 6.56. The van der Waals surface area contributed by atoms with Gasteiger partial charge in [0.25, 0.3) is 15.9 Å². The van der Waals surface area contributed by atoms with Gasteiger partial charge in [-0.25, -0.2) is 12.7 Å². The van der Waals surface area contributed by atoms with E-state index in [4.69, 9.17) is 0 Å². The summed E-state index contributed by atoms with van der Waals surface area (Å²) in [5.74, 6) is -0.391. The second-order valence-corrected chi connectivity index (χ2v) is 8.42. The summed E-state index contributed by atoms with van der Waals surface area (Å²) in [6.45, 7) is 4.05. The SMILES string of the molecule is CCCCC1=C(c2ccccc2)CN(S(=O)(=O)c2ccc(C)cc2)C1=O. The third-order valence-electron chi connectivity index (χ3n) is 4.66. The minimum atomic E-state index is -3.86. The van der Waals surface area contributed by atoms with Gasteiger partial charge in [-0.3, -0.25) is 4.79 Å². The molecule has 0 atom stereocenters. The van der Waals surface area contributed by atoms with E-state index in [-0.39, 0.29) is 11.4 Å². The van der Waals surface area contributed by atoms with E-state index in [2.05, 4.69) is 6.92 Å². The fraction of sp³-hybridized carbons (Fsp3) is 0.286. The molecule has 1 aliphatic rings. The predicted octanol–water partition coefficient (Wildman–Crippen LogP) is 4.17. The predicted molar refractivity (Wildman–Crippen MR) is 103 cm³/mol. The molecule has 0 radical (unpaired) electrons. The number of hydrogen-bond acceptors (Lipinski definition) is 3. The van der Waals surface area contributed by atoms with Crippen LogP contribution in [0, 0.1) is 6.92 Å². The normalized spacial score (nSPS) is 15.0. The van der Waals surface area contributed by atoms with Crippen molar-refractivity contribution in [3.05, 3.63) is 71.3 Å². The zero-order chi connectivity index (χ0) is 18.7. The summed E-state index contributed by atoms with van der Waals surface area (Å²) in [5.41, 5.74) is 3.32. The zero-order valence-corrected chi connectivity index (χ0v) is 15.9. The molecule has 2 aromatic rings. The van der Waals surface area contributed by atoms with Crippen LogP contribution in [0.3, 0.4) is 0 Å². The second kappa shape index (κ2) is 7.46. The number of carbonyl (C=O) groups is 1. The van der Waals surface area contributed by atoms with Gasteiger partial charge in [0, 0.05) is 5.57 Å². The van der Waals surface area contributed by atoms with Crippen molar-refractivity contribution in [1.82, 2.24) is 4.31 Å². The summed E-state index contributed by atoms with van der Waals surface area (Å²) in [6.07, 6.45) is 2.40. The highest BCUT2D eigenvalue weighted by molar-refractivity contribution is 7.89. The number of rotatable bonds is 6. The molecule has 5 heteroatoms. The van der Waals surface area contributed by atoms with Gasteiger partial charge in [-0.15, -0.1) is 0 Å². The molecule has 1 aliphatic heterocycles. The van der Waals surface area contributed by atoms with Gasteiger partial charge in [-0.05, 0) is 43.0 Å². The molecule has 1 amide bonds. The van der Waals surface area contributed by atoms with Gasteiger partial charge < -0.3 is 0 Å². The number of aryl methyl sites for hydroxylation is 1. The van der Waals surface area contributed by atoms with E-state index in [1.807, 2.05) is 37.3 Å². The van der Waals surface area contributed by atoms with Crippen molar-refractivity contribution < 1.29 is 13.2 Å². The van der Waals surface area contributed by atoms with Crippen molar-refractivity contribution in [3.8, 4) is 0 Å². The van der Waals surface area contributed by atoms with Crippen LogP contribution >= 0.6 is 0 Å². The van der Waals surface area contributed by atoms with Crippen molar-refractivity contribution in [2.75, 3.05) is 6.54 Å². The molecule has 0 aromatic heterocycles. The van der Waals surface area contributed by atoms with E-state index < -0.39 is 15.9 Å². The quantitative estimate of drug-likeness (QED) is 0.768. The van der Waals surface area contributed by atoms with Gasteiger partial charge in [0.15, 0.2) is 0 Å². The standard InChI is InChI=1S/C21H23NO3S/c1-3-4-10-19-20(17-8-6-5-7-9-17)15-22(21(19)23)26(24,25)18-13-11-16(2)12-14-18/h5-9,11-14H,3-4,10,15H2,1-2H3. The number of sulfonamides is 1. The van der Waals surface area contributed by atoms with Gasteiger partial charge in [0.1, 0.15) is 0 Å². The van der Waals surface area contributed by atoms with Crippen LogP contribution in [0.4, 0.5) is 0 Å². The molecular formula is C21H23NO3S. The molecule has 0 fully saturated rings. The lowest BCUT2D eigenvalue weighted by Gasteiger charge is -2.17. The molecule has 0 aliphatic carbocycles. The third-order valence-corrected chi connectivity index (χ3v) is 6.41. The molecule has 4 nitrogen and oxygen atoms in total. The van der Waals surface area contributed by atoms with E-state index in [0.717, 1.165) is 33.8 Å². The van der Waals surface area contributed by atoms with Crippen LogP contribution in [0.1, 0.15) is 37.3 Å². The molecule has 0 N–H and O–H groups in total. The van der Waals surface area contributed by atoms with E-state index in [0.29, 0.717) is 12.0 Å². The van der Waals surface area contributed by atoms with Crippen molar-refractivity contribution in [2.24, 2.45) is 0 Å². The molecule has 0 bridgehead atoms. The molecule has 0 saturated heterocycles. The van der Waals surface area contributed by atoms with Crippen LogP contribution in [-0.2, 0) is 14.8 Å². The minimum absolute atomic E-state index is 0.0953. The minimum Gasteiger partial charge on any atom is -0.268 e. The van der Waals surface area contributed by atoms with E-state index in [1.165, 1.54) is 0 Å². The first-order chi connectivity index (χ1) is 12.4. The lowest BCUT2D eigenvalue weighted by atomic mass is 9.99. The Morgan fingerprint density at radius 3 is 2.27 bits per heavy atom. The third kappa shape index (κ3) is 3.44. The van der Waals surface area contributed by atoms with Crippen LogP contribution in [0.2, 0.25) is 0 Å². The zero-order valence-electron chi connectivity index (χ0n) is 15.1. The number of carbonyl (C=O) groups excluding carboxylic acids is 1. The fourth-order valence-corrected chi connectivity index (χ4v) is 4.50. The lowest BCUT2D eigenvalue weighted by molar-refractivity contribution is -0.121. The van der Waals surface area contributed by atoms with Crippen LogP contribution in [0.25, 0.3) is 5.57 Å². The molecule has 0 unspecified atom stereocenters. The van der Waals surface area contributed by atoms with E-state index >= 15 is 0 Å². The Kier molecular flexibility index (Phi) is 5.28. The number of amides is 1. The molecule has 1 heterocycles. The largest absolute Gasteiger partial charge is 0.268 e. The first-order valence-corrected chi connectivity index (χ1v) is 10.3. The highest BCUT2D eigenvalue weighted by atomic mass is 32.2. The van der Waals surface area contributed by atoms with Crippen LogP contribution in [-0.4, -0.2) is 25.2 Å². The van der Waals surface area contributed by atoms with Gasteiger partial charge in [-0.1, -0.05) is 61.4 Å². The average molecular weight is 369 g/mol. The van der Waals surface area contributed by atoms with Gasteiger partial charge in [0.2, 0.25) is 0 Å². The summed E-state index contributed by atoms with van der Waals surface area (Å²) in [5, 5.41) is 0. The maximum atomic E-state index is 13.0. The number of unbranched alkanes of at least 4 members (excludes halogenated alkanes) is 1. The molecular weight excluding hydrogens is 346 g/mol. The monoisotopic (exact) mass is 369 g/mol. The van der Waals surface area contributed by atoms with E-state index in [1.54, 1.807) is 24.3 Å². The highest BCUT2D eigenvalue weighted by Gasteiger charge is 2.38. The molecule has 0 spiro atoms. The summed E-state index contributed by atoms with van der Waals surface area (Å²) < 4.78 is 27.1. The molecule has 3 rings (SSSR count). The Labute approximate surface area is 155 Å². The Morgan fingerprint density at radius 2 is 1.65 bits per heavy atom. The Bertz CT molecular complexity index is 929. The van der Waals surface area contributed by atoms with Crippen molar-refractivity contribution in [2.45, 2.75) is 38.0 Å². The van der Waals surface area contributed by atoms with Crippen molar-refractivity contribution in [3.63, 3.8) is 0 Å². The Hall–Kier alpha value is -2.40. The first-order valence-electron chi connectivity index (χ1n) is 8.86. The molecule has 26 heavy (non-hydrogen) atoms. The summed E-state index contributed by atoms with van der Waals surface area (Å²) in [4.78, 5) is 13.1. The maximum absolute atomic E-state index is 13.0. The van der Waals surface area contributed by atoms with Gasteiger partial charge in [0.05, 0.1) is 11.4 Å². The number of benzene rings is 2. The van der Waals surface area contributed by atoms with Crippen LogP contribution < -0.4 is 0 Å². The molecule has 0 saturated carbocycles. The fourth-order valence-electron chi connectivity index (χ4n) is 3.14. The number of nitrogens with zero attached hydrogens (tertiary/aromatic N) is 1. The lowest BCUT2D eigenvalue weighted by Crippen LogP contribution is -2.34. The molecule has 2 aromatic carbocycles. The average Bonchev–Trinajstić information content (AvgIpc) is 2.98. The Morgan fingerprint density at radius 1 is 1.00 bits per heavy atom. The summed E-state index contributed by atoms with van der Waals surface area (Å²) in [7, 11) is -3.86. The molecule has 136 valence electrons. The number of hydrogen-bond donors (Lipinski definition) is 0. The van der Waals surface area contributed by atoms with Crippen LogP contribution in [0.5, 0.6) is 0 Å². The van der Waals surface area contributed by atoms with Crippen molar-refractivity contribution in [1.29, 1.82) is 0 Å². The Balaban J connectivity index is 1.99. The van der Waals surface area contributed by atoms with E-state index in [9.17, 15) is 13.2 Å². The van der Waals surface area contributed by atoms with Crippen LogP contribution in [0.15, 0.2) is 65.1 Å². The smallest absolute Gasteiger partial charge is 0.267 e. The van der Waals surface area contributed by atoms with Crippen molar-refractivity contribution >= 4 is 21.5 Å².